The van der Waals surface area contributed by atoms with Crippen LogP contribution in [-0.4, -0.2) is 52.5 Å². The van der Waals surface area contributed by atoms with Crippen molar-refractivity contribution in [2.24, 2.45) is 0 Å². The van der Waals surface area contributed by atoms with Crippen molar-refractivity contribution in [1.82, 2.24) is 14.8 Å². The Labute approximate surface area is 192 Å². The van der Waals surface area contributed by atoms with Crippen molar-refractivity contribution in [3.05, 3.63) is 78.1 Å². The molecule has 6 heteroatoms. The van der Waals surface area contributed by atoms with Gasteiger partial charge in [-0.3, -0.25) is 9.69 Å². The van der Waals surface area contributed by atoms with Gasteiger partial charge in [0.1, 0.15) is 11.6 Å². The van der Waals surface area contributed by atoms with Crippen molar-refractivity contribution in [3.63, 3.8) is 0 Å². The van der Waals surface area contributed by atoms with Crippen LogP contribution in [0.2, 0.25) is 0 Å². The summed E-state index contributed by atoms with van der Waals surface area (Å²) in [6.07, 6.45) is 0. The third-order valence-corrected chi connectivity index (χ3v) is 6.57. The van der Waals surface area contributed by atoms with Crippen LogP contribution in [0.1, 0.15) is 19.4 Å². The van der Waals surface area contributed by atoms with Crippen LogP contribution in [0.15, 0.2) is 66.7 Å². The van der Waals surface area contributed by atoms with E-state index in [1.165, 1.54) is 17.5 Å². The van der Waals surface area contributed by atoms with Gasteiger partial charge in [-0.25, -0.2) is 4.39 Å². The Morgan fingerprint density at radius 3 is 2.55 bits per heavy atom. The number of fused-ring (bicyclic) bond motifs is 3. The smallest absolute Gasteiger partial charge is 0.260 e. The van der Waals surface area contributed by atoms with Crippen molar-refractivity contribution < 1.29 is 13.9 Å². The maximum atomic E-state index is 13.2. The van der Waals surface area contributed by atoms with Gasteiger partial charge in [-0.05, 0) is 49.7 Å². The Morgan fingerprint density at radius 2 is 1.73 bits per heavy atom. The lowest BCUT2D eigenvalue weighted by molar-refractivity contribution is -0.139. The van der Waals surface area contributed by atoms with Crippen LogP contribution in [0.4, 0.5) is 4.39 Å². The van der Waals surface area contributed by atoms with Crippen molar-refractivity contribution in [2.75, 3.05) is 19.7 Å². The third kappa shape index (κ3) is 4.44. The number of para-hydroxylation sites is 1. The van der Waals surface area contributed by atoms with Crippen LogP contribution in [0.3, 0.4) is 0 Å². The van der Waals surface area contributed by atoms with Gasteiger partial charge in [0.25, 0.3) is 5.91 Å². The number of ether oxygens (including phenoxy) is 1. The average Bonchev–Trinajstić information content (AvgIpc) is 3.19. The number of carbonyl (C=O) groups excluding carboxylic acids is 1. The molecular weight excluding hydrogens is 417 g/mol. The Morgan fingerprint density at radius 1 is 0.970 bits per heavy atom. The maximum absolute atomic E-state index is 13.2. The van der Waals surface area contributed by atoms with Crippen molar-refractivity contribution in [3.8, 4) is 5.75 Å². The fraction of sp³-hybridized carbons (Fsp3) is 0.296. The number of halogens is 1. The lowest BCUT2D eigenvalue weighted by Crippen LogP contribution is -2.58. The number of benzene rings is 3. The number of aromatic amines is 1. The monoisotopic (exact) mass is 445 g/mol. The fourth-order valence-electron chi connectivity index (χ4n) is 4.74. The van der Waals surface area contributed by atoms with Crippen molar-refractivity contribution in [2.45, 2.75) is 32.5 Å². The van der Waals surface area contributed by atoms with Crippen LogP contribution in [-0.2, 0) is 11.3 Å². The molecular formula is C27H28FN3O2. The predicted octanol–water partition coefficient (Wildman–Crippen LogP) is 4.96. The third-order valence-electron chi connectivity index (χ3n) is 6.57. The molecule has 1 saturated heterocycles. The molecule has 1 aliphatic heterocycles. The van der Waals surface area contributed by atoms with Crippen LogP contribution in [0, 0.1) is 5.82 Å². The van der Waals surface area contributed by atoms with E-state index in [1.54, 1.807) is 0 Å². The largest absolute Gasteiger partial charge is 0.484 e. The van der Waals surface area contributed by atoms with E-state index in [0.717, 1.165) is 35.1 Å². The number of nitrogens with one attached hydrogen (secondary N) is 1. The summed E-state index contributed by atoms with van der Waals surface area (Å²) in [6.45, 7) is 6.37. The van der Waals surface area contributed by atoms with Gasteiger partial charge in [0.2, 0.25) is 0 Å². The van der Waals surface area contributed by atoms with E-state index in [0.29, 0.717) is 12.3 Å². The first-order chi connectivity index (χ1) is 16.0. The molecule has 0 bridgehead atoms. The van der Waals surface area contributed by atoms with Gasteiger partial charge in [0.15, 0.2) is 6.61 Å². The van der Waals surface area contributed by atoms with E-state index in [4.69, 9.17) is 4.74 Å². The highest BCUT2D eigenvalue weighted by Gasteiger charge is 2.32. The minimum absolute atomic E-state index is 0.00692. The molecule has 1 fully saturated rings. The quantitative estimate of drug-likeness (QED) is 0.472. The molecule has 0 aliphatic carbocycles. The first-order valence-corrected chi connectivity index (χ1v) is 11.4. The minimum atomic E-state index is -0.223. The Bertz CT molecular complexity index is 1280. The van der Waals surface area contributed by atoms with Crippen molar-refractivity contribution >= 4 is 27.7 Å². The predicted molar refractivity (Wildman–Crippen MR) is 129 cm³/mol. The number of H-pyrrole nitrogens is 1. The number of aromatic nitrogens is 1. The summed E-state index contributed by atoms with van der Waals surface area (Å²) < 4.78 is 19.1. The van der Waals surface area contributed by atoms with Crippen LogP contribution in [0.5, 0.6) is 5.75 Å². The molecule has 2 heterocycles. The number of nitrogens with zero attached hydrogens (tertiary/aromatic N) is 2. The molecule has 1 N–H and O–H groups in total. The van der Waals surface area contributed by atoms with Gasteiger partial charge in [0.05, 0.1) is 5.52 Å². The summed E-state index contributed by atoms with van der Waals surface area (Å²) in [6, 6.07) is 21.0. The molecule has 5 rings (SSSR count). The minimum Gasteiger partial charge on any atom is -0.484 e. The summed E-state index contributed by atoms with van der Waals surface area (Å²) in [5.41, 5.74) is 3.16. The van der Waals surface area contributed by atoms with Gasteiger partial charge in [0, 0.05) is 54.1 Å². The van der Waals surface area contributed by atoms with E-state index in [9.17, 15) is 9.18 Å². The molecule has 170 valence electrons. The molecule has 1 aromatic heterocycles. The average molecular weight is 446 g/mol. The molecule has 4 aromatic rings. The summed E-state index contributed by atoms with van der Waals surface area (Å²) in [5.74, 6) is 0.449. The lowest BCUT2D eigenvalue weighted by atomic mass is 10.1. The zero-order valence-electron chi connectivity index (χ0n) is 18.9. The number of hydrogen-bond donors (Lipinski definition) is 1. The van der Waals surface area contributed by atoms with E-state index in [2.05, 4.69) is 35.9 Å². The van der Waals surface area contributed by atoms with E-state index in [-0.39, 0.29) is 30.4 Å². The van der Waals surface area contributed by atoms with Crippen LogP contribution in [0.25, 0.3) is 21.8 Å². The zero-order valence-corrected chi connectivity index (χ0v) is 18.9. The number of amides is 1. The van der Waals surface area contributed by atoms with E-state index in [1.807, 2.05) is 47.4 Å². The molecule has 3 aromatic carbocycles. The van der Waals surface area contributed by atoms with Crippen molar-refractivity contribution in [1.29, 1.82) is 0 Å². The molecule has 1 amide bonds. The van der Waals surface area contributed by atoms with Gasteiger partial charge in [-0.15, -0.1) is 0 Å². The molecule has 0 spiro atoms. The Balaban J connectivity index is 1.21. The Kier molecular flexibility index (Phi) is 5.77. The second-order valence-corrected chi connectivity index (χ2v) is 8.97. The van der Waals surface area contributed by atoms with Gasteiger partial charge in [-0.2, -0.15) is 0 Å². The number of carbonyl (C=O) groups is 1. The molecule has 2 unspecified atom stereocenters. The number of hydrogen-bond acceptors (Lipinski definition) is 3. The summed E-state index contributed by atoms with van der Waals surface area (Å²) in [7, 11) is 0. The first-order valence-electron chi connectivity index (χ1n) is 11.4. The van der Waals surface area contributed by atoms with E-state index >= 15 is 0 Å². The number of piperazine rings is 1. The SMILES string of the molecule is CC1CN(C(=O)COc2ccc3c(c2)[nH]c2ccccc23)C(C)CN1Cc1ccc(F)cc1. The van der Waals surface area contributed by atoms with Crippen LogP contribution < -0.4 is 4.74 Å². The Hall–Kier alpha value is -3.38. The molecule has 0 saturated carbocycles. The summed E-state index contributed by atoms with van der Waals surface area (Å²) >= 11 is 0. The second-order valence-electron chi connectivity index (χ2n) is 8.97. The summed E-state index contributed by atoms with van der Waals surface area (Å²) in [4.78, 5) is 20.6. The molecule has 1 aliphatic rings. The first kappa shape index (κ1) is 21.5. The lowest BCUT2D eigenvalue weighted by Gasteiger charge is -2.44. The summed E-state index contributed by atoms with van der Waals surface area (Å²) in [5, 5.41) is 2.32. The zero-order chi connectivity index (χ0) is 22.9. The second kappa shape index (κ2) is 8.87. The topological polar surface area (TPSA) is 48.6 Å². The molecule has 33 heavy (non-hydrogen) atoms. The highest BCUT2D eigenvalue weighted by Crippen LogP contribution is 2.28. The maximum Gasteiger partial charge on any atom is 0.260 e. The van der Waals surface area contributed by atoms with Crippen LogP contribution >= 0.6 is 0 Å². The molecule has 0 radical (unpaired) electrons. The van der Waals surface area contributed by atoms with Gasteiger partial charge < -0.3 is 14.6 Å². The highest BCUT2D eigenvalue weighted by atomic mass is 19.1. The number of rotatable bonds is 5. The van der Waals surface area contributed by atoms with Gasteiger partial charge in [-0.1, -0.05) is 30.3 Å². The standard InChI is InChI=1S/C27H28FN3O2/c1-18-15-31(19(2)14-30(18)16-20-7-9-21(28)10-8-20)27(32)17-33-22-11-12-24-23-5-3-4-6-25(23)29-26(24)13-22/h3-13,18-19,29H,14-17H2,1-2H3. The molecule has 2 atom stereocenters. The van der Waals surface area contributed by atoms with E-state index < -0.39 is 0 Å². The normalized spacial score (nSPS) is 19.3. The fourth-order valence-corrected chi connectivity index (χ4v) is 4.74. The van der Waals surface area contributed by atoms with Gasteiger partial charge >= 0.3 is 0 Å². The molecule has 5 nitrogen and oxygen atoms in total. The highest BCUT2D eigenvalue weighted by molar-refractivity contribution is 6.07.